The summed E-state index contributed by atoms with van der Waals surface area (Å²) in [6.07, 6.45) is 5.30. The number of thiazole rings is 1. The number of nitrogens with zero attached hydrogens (tertiary/aromatic N) is 3. The van der Waals surface area contributed by atoms with Gasteiger partial charge in [0.25, 0.3) is 0 Å². The van der Waals surface area contributed by atoms with Crippen LogP contribution in [0.5, 0.6) is 0 Å². The summed E-state index contributed by atoms with van der Waals surface area (Å²) < 4.78 is 0.952. The first kappa shape index (κ1) is 12.3. The van der Waals surface area contributed by atoms with Gasteiger partial charge in [-0.2, -0.15) is 0 Å². The number of halogens is 1. The molecule has 0 radical (unpaired) electrons. The molecule has 3 rings (SSSR count). The van der Waals surface area contributed by atoms with E-state index in [-0.39, 0.29) is 0 Å². The Hall–Kier alpha value is -1.79. The minimum atomic E-state index is 0.773. The molecule has 0 atom stereocenters. The zero-order valence-electron chi connectivity index (χ0n) is 9.75. The highest BCUT2D eigenvalue weighted by Crippen LogP contribution is 2.26. The van der Waals surface area contributed by atoms with Crippen LogP contribution in [0.3, 0.4) is 0 Å². The van der Waals surface area contributed by atoms with E-state index in [1.54, 1.807) is 29.9 Å². The minimum absolute atomic E-state index is 0.773. The van der Waals surface area contributed by atoms with Gasteiger partial charge < -0.3 is 5.32 Å². The van der Waals surface area contributed by atoms with Crippen molar-refractivity contribution in [3.63, 3.8) is 0 Å². The molecule has 94 valence electrons. The first-order valence-corrected chi connectivity index (χ1v) is 7.23. The van der Waals surface area contributed by atoms with Crippen LogP contribution in [0.25, 0.3) is 11.3 Å². The Balaban J connectivity index is 1.80. The fourth-order valence-corrected chi connectivity index (χ4v) is 2.50. The smallest absolute Gasteiger partial charge is 0.188 e. The Morgan fingerprint density at radius 3 is 2.84 bits per heavy atom. The van der Waals surface area contributed by atoms with Crippen molar-refractivity contribution in [3.8, 4) is 11.3 Å². The summed E-state index contributed by atoms with van der Waals surface area (Å²) in [5.41, 5.74) is 1.92. The Labute approximate surface area is 122 Å². The van der Waals surface area contributed by atoms with Gasteiger partial charge in [0.1, 0.15) is 5.82 Å². The fourth-order valence-electron chi connectivity index (χ4n) is 1.54. The van der Waals surface area contributed by atoms with Crippen molar-refractivity contribution in [3.05, 3.63) is 52.7 Å². The van der Waals surface area contributed by atoms with E-state index in [9.17, 15) is 0 Å². The average Bonchev–Trinajstić information content (AvgIpc) is 2.91. The summed E-state index contributed by atoms with van der Waals surface area (Å²) in [6.45, 7) is 0. The molecule has 6 heteroatoms. The zero-order valence-corrected chi connectivity index (χ0v) is 12.1. The molecule has 1 N–H and O–H groups in total. The van der Waals surface area contributed by atoms with Gasteiger partial charge in [-0.05, 0) is 40.2 Å². The molecule has 3 aromatic heterocycles. The largest absolute Gasteiger partial charge is 0.316 e. The molecule has 3 heterocycles. The molecule has 0 amide bonds. The van der Waals surface area contributed by atoms with Crippen molar-refractivity contribution in [1.29, 1.82) is 0 Å². The molecule has 0 aliphatic rings. The van der Waals surface area contributed by atoms with Gasteiger partial charge in [-0.25, -0.2) is 9.97 Å². The highest BCUT2D eigenvalue weighted by molar-refractivity contribution is 9.10. The van der Waals surface area contributed by atoms with E-state index < -0.39 is 0 Å². The third-order valence-electron chi connectivity index (χ3n) is 2.42. The van der Waals surface area contributed by atoms with Crippen LogP contribution in [0, 0.1) is 0 Å². The van der Waals surface area contributed by atoms with Crippen LogP contribution in [0.2, 0.25) is 0 Å². The zero-order chi connectivity index (χ0) is 13.1. The third kappa shape index (κ3) is 2.97. The van der Waals surface area contributed by atoms with E-state index in [0.717, 1.165) is 26.7 Å². The number of anilines is 2. The molecule has 0 unspecified atom stereocenters. The molecule has 19 heavy (non-hydrogen) atoms. The summed E-state index contributed by atoms with van der Waals surface area (Å²) >= 11 is 4.90. The van der Waals surface area contributed by atoms with Crippen molar-refractivity contribution in [2.45, 2.75) is 0 Å². The van der Waals surface area contributed by atoms with E-state index in [4.69, 9.17) is 0 Å². The molecule has 0 fully saturated rings. The summed E-state index contributed by atoms with van der Waals surface area (Å²) in [6, 6.07) is 7.72. The maximum atomic E-state index is 4.51. The molecule has 3 aromatic rings. The van der Waals surface area contributed by atoms with Gasteiger partial charge in [0.2, 0.25) is 0 Å². The number of nitrogens with one attached hydrogen (secondary N) is 1. The van der Waals surface area contributed by atoms with Gasteiger partial charge in [-0.15, -0.1) is 11.3 Å². The molecule has 0 aromatic carbocycles. The van der Waals surface area contributed by atoms with Crippen LogP contribution >= 0.6 is 27.3 Å². The molecule has 4 nitrogen and oxygen atoms in total. The van der Waals surface area contributed by atoms with Crippen LogP contribution in [0.4, 0.5) is 10.9 Å². The molecular formula is C13H9BrN4S. The van der Waals surface area contributed by atoms with Gasteiger partial charge in [0.05, 0.1) is 5.69 Å². The van der Waals surface area contributed by atoms with Gasteiger partial charge in [0, 0.05) is 34.0 Å². The normalized spacial score (nSPS) is 10.4. The molecule has 0 spiro atoms. The predicted molar refractivity (Wildman–Crippen MR) is 80.6 cm³/mol. The van der Waals surface area contributed by atoms with Gasteiger partial charge in [0.15, 0.2) is 5.13 Å². The highest BCUT2D eigenvalue weighted by Gasteiger charge is 2.05. The highest BCUT2D eigenvalue weighted by atomic mass is 79.9. The van der Waals surface area contributed by atoms with Crippen molar-refractivity contribution in [2.75, 3.05) is 5.32 Å². The van der Waals surface area contributed by atoms with E-state index in [2.05, 4.69) is 36.2 Å². The summed E-state index contributed by atoms with van der Waals surface area (Å²) in [4.78, 5) is 12.9. The Morgan fingerprint density at radius 2 is 2.11 bits per heavy atom. The Morgan fingerprint density at radius 1 is 1.16 bits per heavy atom. The van der Waals surface area contributed by atoms with Crippen molar-refractivity contribution in [2.24, 2.45) is 0 Å². The maximum Gasteiger partial charge on any atom is 0.188 e. The number of aromatic nitrogens is 3. The van der Waals surface area contributed by atoms with E-state index in [0.29, 0.717) is 0 Å². The van der Waals surface area contributed by atoms with Crippen LogP contribution in [0.1, 0.15) is 0 Å². The Bertz CT molecular complexity index is 667. The number of rotatable bonds is 3. The predicted octanol–water partition coefficient (Wildman–Crippen LogP) is 4.11. The van der Waals surface area contributed by atoms with Crippen LogP contribution in [-0.4, -0.2) is 15.0 Å². The number of hydrogen-bond acceptors (Lipinski definition) is 5. The maximum absolute atomic E-state index is 4.51. The lowest BCUT2D eigenvalue weighted by Crippen LogP contribution is -1.92. The SMILES string of the molecule is Brc1ccc(Nc2nc(-c3cccnc3)cs2)nc1. The second kappa shape index (κ2) is 5.46. The van der Waals surface area contributed by atoms with Gasteiger partial charge in [-0.3, -0.25) is 4.98 Å². The molecular weight excluding hydrogens is 324 g/mol. The van der Waals surface area contributed by atoms with Crippen LogP contribution < -0.4 is 5.32 Å². The van der Waals surface area contributed by atoms with Crippen LogP contribution in [-0.2, 0) is 0 Å². The fraction of sp³-hybridized carbons (Fsp3) is 0. The third-order valence-corrected chi connectivity index (χ3v) is 3.65. The molecule has 0 saturated heterocycles. The van der Waals surface area contributed by atoms with Crippen LogP contribution in [0.15, 0.2) is 52.7 Å². The molecule has 0 aliphatic heterocycles. The van der Waals surface area contributed by atoms with Crippen molar-refractivity contribution >= 4 is 38.2 Å². The minimum Gasteiger partial charge on any atom is -0.316 e. The van der Waals surface area contributed by atoms with Crippen molar-refractivity contribution in [1.82, 2.24) is 15.0 Å². The lowest BCUT2D eigenvalue weighted by atomic mass is 10.2. The number of pyridine rings is 2. The second-order valence-electron chi connectivity index (χ2n) is 3.77. The summed E-state index contributed by atoms with van der Waals surface area (Å²) in [5.74, 6) is 0.773. The standard InChI is InChI=1S/C13H9BrN4S/c14-10-3-4-12(16-7-10)18-13-17-11(8-19-13)9-2-1-5-15-6-9/h1-8H,(H,16,17,18). The molecule has 0 bridgehead atoms. The van der Waals surface area contributed by atoms with E-state index >= 15 is 0 Å². The lowest BCUT2D eigenvalue weighted by Gasteiger charge is -2.00. The monoisotopic (exact) mass is 332 g/mol. The van der Waals surface area contributed by atoms with Gasteiger partial charge >= 0.3 is 0 Å². The lowest BCUT2D eigenvalue weighted by molar-refractivity contribution is 1.27. The van der Waals surface area contributed by atoms with Crippen molar-refractivity contribution < 1.29 is 0 Å². The first-order chi connectivity index (χ1) is 9.31. The second-order valence-corrected chi connectivity index (χ2v) is 5.54. The summed E-state index contributed by atoms with van der Waals surface area (Å²) in [7, 11) is 0. The van der Waals surface area contributed by atoms with Gasteiger partial charge in [-0.1, -0.05) is 0 Å². The number of hydrogen-bond donors (Lipinski definition) is 1. The summed E-state index contributed by atoms with van der Waals surface area (Å²) in [5, 5.41) is 5.99. The average molecular weight is 333 g/mol. The quantitative estimate of drug-likeness (QED) is 0.784. The molecule has 0 saturated carbocycles. The molecule has 0 aliphatic carbocycles. The van der Waals surface area contributed by atoms with E-state index in [1.807, 2.05) is 29.6 Å². The van der Waals surface area contributed by atoms with E-state index in [1.165, 1.54) is 0 Å². The topological polar surface area (TPSA) is 50.7 Å². The first-order valence-electron chi connectivity index (χ1n) is 5.56. The Kier molecular flexibility index (Phi) is 3.52.